The predicted octanol–water partition coefficient (Wildman–Crippen LogP) is 1.43. The van der Waals surface area contributed by atoms with Crippen molar-refractivity contribution < 1.29 is 0 Å². The first-order valence-electron chi connectivity index (χ1n) is 4.28. The molecular formula is C10H10N4. The topological polar surface area (TPSA) is 64.7 Å². The summed E-state index contributed by atoms with van der Waals surface area (Å²) in [6.07, 6.45) is 3.43. The van der Waals surface area contributed by atoms with Crippen molar-refractivity contribution in [1.29, 1.82) is 0 Å². The number of nitrogens with zero attached hydrogens (tertiary/aromatic N) is 3. The Hall–Kier alpha value is -1.97. The van der Waals surface area contributed by atoms with E-state index in [1.165, 1.54) is 0 Å². The molecule has 0 saturated carbocycles. The van der Waals surface area contributed by atoms with Crippen molar-refractivity contribution in [2.75, 3.05) is 5.73 Å². The second kappa shape index (κ2) is 3.41. The van der Waals surface area contributed by atoms with Gasteiger partial charge in [0.1, 0.15) is 0 Å². The molecule has 0 radical (unpaired) electrons. The Morgan fingerprint density at radius 3 is 2.79 bits per heavy atom. The van der Waals surface area contributed by atoms with Crippen molar-refractivity contribution in [3.63, 3.8) is 0 Å². The second-order valence-corrected chi connectivity index (χ2v) is 2.97. The van der Waals surface area contributed by atoms with Crippen molar-refractivity contribution in [3.8, 4) is 11.4 Å². The number of nitrogen functional groups attached to an aromatic ring is 1. The molecule has 0 aliphatic heterocycles. The number of anilines is 1. The summed E-state index contributed by atoms with van der Waals surface area (Å²) in [5.41, 5.74) is 8.09. The Labute approximate surface area is 81.9 Å². The van der Waals surface area contributed by atoms with E-state index >= 15 is 0 Å². The molecule has 2 aromatic heterocycles. The number of hydrogen-bond donors (Lipinski definition) is 1. The third-order valence-corrected chi connectivity index (χ3v) is 1.90. The second-order valence-electron chi connectivity index (χ2n) is 2.97. The summed E-state index contributed by atoms with van der Waals surface area (Å²) >= 11 is 0. The minimum atomic E-state index is 0.274. The molecule has 0 aromatic carbocycles. The Balaban J connectivity index is 2.57. The molecule has 4 heteroatoms. The van der Waals surface area contributed by atoms with Gasteiger partial charge in [-0.15, -0.1) is 0 Å². The van der Waals surface area contributed by atoms with Crippen molar-refractivity contribution in [3.05, 3.63) is 36.2 Å². The van der Waals surface area contributed by atoms with Crippen LogP contribution in [0.5, 0.6) is 0 Å². The highest BCUT2D eigenvalue weighted by atomic mass is 15.0. The molecular weight excluding hydrogens is 176 g/mol. The first-order chi connectivity index (χ1) is 6.77. The molecule has 0 saturated heterocycles. The third kappa shape index (κ3) is 1.54. The Bertz CT molecular complexity index is 439. The van der Waals surface area contributed by atoms with E-state index in [0.29, 0.717) is 0 Å². The Morgan fingerprint density at radius 2 is 2.07 bits per heavy atom. The van der Waals surface area contributed by atoms with Crippen LogP contribution >= 0.6 is 0 Å². The summed E-state index contributed by atoms with van der Waals surface area (Å²) in [4.78, 5) is 12.3. The smallest absolute Gasteiger partial charge is 0.220 e. The molecule has 0 aliphatic carbocycles. The van der Waals surface area contributed by atoms with Crippen LogP contribution in [0.4, 0.5) is 5.95 Å². The average molecular weight is 186 g/mol. The fourth-order valence-electron chi connectivity index (χ4n) is 1.22. The fourth-order valence-corrected chi connectivity index (χ4v) is 1.22. The molecule has 2 N–H and O–H groups in total. The highest BCUT2D eigenvalue weighted by molar-refractivity contribution is 5.58. The third-order valence-electron chi connectivity index (χ3n) is 1.90. The lowest BCUT2D eigenvalue weighted by molar-refractivity contribution is 1.13. The summed E-state index contributed by atoms with van der Waals surface area (Å²) in [5.74, 6) is 0.274. The van der Waals surface area contributed by atoms with Gasteiger partial charge >= 0.3 is 0 Å². The lowest BCUT2D eigenvalue weighted by Gasteiger charge is -2.03. The molecule has 0 fully saturated rings. The van der Waals surface area contributed by atoms with Crippen molar-refractivity contribution in [2.45, 2.75) is 6.92 Å². The van der Waals surface area contributed by atoms with Gasteiger partial charge in [-0.3, -0.25) is 4.98 Å². The van der Waals surface area contributed by atoms with Gasteiger partial charge in [0, 0.05) is 12.4 Å². The zero-order chi connectivity index (χ0) is 9.97. The monoisotopic (exact) mass is 186 g/mol. The molecule has 0 unspecified atom stereocenters. The number of rotatable bonds is 1. The summed E-state index contributed by atoms with van der Waals surface area (Å²) in [6.45, 7) is 1.93. The molecule has 2 aromatic rings. The maximum absolute atomic E-state index is 5.51. The van der Waals surface area contributed by atoms with Crippen LogP contribution in [0.2, 0.25) is 0 Å². The molecule has 0 amide bonds. The van der Waals surface area contributed by atoms with Gasteiger partial charge in [0.15, 0.2) is 0 Å². The first-order valence-corrected chi connectivity index (χ1v) is 4.28. The minimum absolute atomic E-state index is 0.274. The lowest BCUT2D eigenvalue weighted by atomic mass is 10.2. The van der Waals surface area contributed by atoms with Crippen LogP contribution in [0.15, 0.2) is 30.6 Å². The highest BCUT2D eigenvalue weighted by Crippen LogP contribution is 2.17. The number of aryl methyl sites for hydroxylation is 1. The highest BCUT2D eigenvalue weighted by Gasteiger charge is 2.04. The van der Waals surface area contributed by atoms with Crippen molar-refractivity contribution in [1.82, 2.24) is 15.0 Å². The van der Waals surface area contributed by atoms with E-state index < -0.39 is 0 Å². The SMILES string of the molecule is Cc1cnc(N)nc1-c1ccccn1. The Kier molecular flexibility index (Phi) is 2.10. The van der Waals surface area contributed by atoms with Gasteiger partial charge in [0.25, 0.3) is 0 Å². The summed E-state index contributed by atoms with van der Waals surface area (Å²) < 4.78 is 0. The van der Waals surface area contributed by atoms with Crippen LogP contribution in [-0.4, -0.2) is 15.0 Å². The van der Waals surface area contributed by atoms with Gasteiger partial charge in [0.05, 0.1) is 11.4 Å². The van der Waals surface area contributed by atoms with E-state index in [1.54, 1.807) is 12.4 Å². The van der Waals surface area contributed by atoms with Crippen LogP contribution < -0.4 is 5.73 Å². The summed E-state index contributed by atoms with van der Waals surface area (Å²) in [7, 11) is 0. The van der Waals surface area contributed by atoms with Gasteiger partial charge in [0.2, 0.25) is 5.95 Å². The normalized spacial score (nSPS) is 10.1. The van der Waals surface area contributed by atoms with Crippen molar-refractivity contribution in [2.24, 2.45) is 0 Å². The van der Waals surface area contributed by atoms with Crippen LogP contribution in [0, 0.1) is 6.92 Å². The predicted molar refractivity (Wildman–Crippen MR) is 54.4 cm³/mol. The zero-order valence-corrected chi connectivity index (χ0v) is 7.81. The van der Waals surface area contributed by atoms with E-state index in [1.807, 2.05) is 25.1 Å². The van der Waals surface area contributed by atoms with E-state index in [0.717, 1.165) is 17.0 Å². The van der Waals surface area contributed by atoms with Crippen LogP contribution in [0.3, 0.4) is 0 Å². The Morgan fingerprint density at radius 1 is 1.21 bits per heavy atom. The van der Waals surface area contributed by atoms with Gasteiger partial charge in [-0.1, -0.05) is 6.07 Å². The fraction of sp³-hybridized carbons (Fsp3) is 0.100. The van der Waals surface area contributed by atoms with Gasteiger partial charge < -0.3 is 5.73 Å². The van der Waals surface area contributed by atoms with E-state index in [-0.39, 0.29) is 5.95 Å². The molecule has 0 atom stereocenters. The number of aromatic nitrogens is 3. The quantitative estimate of drug-likeness (QED) is 0.731. The largest absolute Gasteiger partial charge is 0.368 e. The molecule has 4 nitrogen and oxygen atoms in total. The average Bonchev–Trinajstić information content (AvgIpc) is 2.23. The van der Waals surface area contributed by atoms with Crippen LogP contribution in [-0.2, 0) is 0 Å². The molecule has 2 rings (SSSR count). The summed E-state index contributed by atoms with van der Waals surface area (Å²) in [6, 6.07) is 5.68. The molecule has 0 aliphatic rings. The number of pyridine rings is 1. The number of nitrogens with two attached hydrogens (primary N) is 1. The maximum Gasteiger partial charge on any atom is 0.220 e. The maximum atomic E-state index is 5.51. The van der Waals surface area contributed by atoms with E-state index in [2.05, 4.69) is 15.0 Å². The van der Waals surface area contributed by atoms with Crippen LogP contribution in [0.1, 0.15) is 5.56 Å². The van der Waals surface area contributed by atoms with Crippen molar-refractivity contribution >= 4 is 5.95 Å². The molecule has 70 valence electrons. The number of hydrogen-bond acceptors (Lipinski definition) is 4. The molecule has 0 spiro atoms. The zero-order valence-electron chi connectivity index (χ0n) is 7.81. The minimum Gasteiger partial charge on any atom is -0.368 e. The van der Waals surface area contributed by atoms with Gasteiger partial charge in [-0.05, 0) is 24.6 Å². The van der Waals surface area contributed by atoms with Gasteiger partial charge in [-0.2, -0.15) is 0 Å². The first kappa shape index (κ1) is 8.62. The molecule has 14 heavy (non-hydrogen) atoms. The summed E-state index contributed by atoms with van der Waals surface area (Å²) in [5, 5.41) is 0. The molecule has 0 bridgehead atoms. The van der Waals surface area contributed by atoms with E-state index in [9.17, 15) is 0 Å². The lowest BCUT2D eigenvalue weighted by Crippen LogP contribution is -1.98. The van der Waals surface area contributed by atoms with Crippen LogP contribution in [0.25, 0.3) is 11.4 Å². The van der Waals surface area contributed by atoms with Gasteiger partial charge in [-0.25, -0.2) is 9.97 Å². The standard InChI is InChI=1S/C10H10N4/c1-7-6-13-10(11)14-9(7)8-4-2-3-5-12-8/h2-6H,1H3,(H2,11,13,14). The van der Waals surface area contributed by atoms with E-state index in [4.69, 9.17) is 5.73 Å². The molecule has 2 heterocycles.